The Kier molecular flexibility index (Phi) is 7.03. The van der Waals surface area contributed by atoms with Crippen molar-refractivity contribution in [3.8, 4) is 5.75 Å². The topological polar surface area (TPSA) is 39.4 Å². The van der Waals surface area contributed by atoms with Crippen LogP contribution >= 0.6 is 0 Å². The van der Waals surface area contributed by atoms with Crippen LogP contribution in [0, 0.1) is 0 Å². The van der Waals surface area contributed by atoms with Gasteiger partial charge in [0.1, 0.15) is 5.75 Å². The Morgan fingerprint density at radius 3 is 2.48 bits per heavy atom. The smallest absolute Gasteiger partial charge is 0.230 e. The number of unbranched alkanes of at least 4 members (excludes halogenated alkanes) is 5. The Morgan fingerprint density at radius 2 is 1.70 bits per heavy atom. The number of aliphatic imine (C=N–C) groups is 1. The molecule has 0 radical (unpaired) electrons. The highest BCUT2D eigenvalue weighted by molar-refractivity contribution is 5.83. The number of imidazole rings is 1. The molecule has 1 heterocycles. The molecule has 0 unspecified atom stereocenters. The van der Waals surface area contributed by atoms with Gasteiger partial charge < -0.3 is 9.30 Å². The average molecular weight is 364 g/mol. The van der Waals surface area contributed by atoms with E-state index in [0.717, 1.165) is 35.4 Å². The number of aryl methyl sites for hydroxylation is 1. The Bertz CT molecular complexity index is 865. The highest BCUT2D eigenvalue weighted by Gasteiger charge is 2.04. The zero-order chi connectivity index (χ0) is 18.9. The normalized spacial score (nSPS) is 11.5. The van der Waals surface area contributed by atoms with Crippen LogP contribution in [0.15, 0.2) is 53.5 Å². The summed E-state index contributed by atoms with van der Waals surface area (Å²) in [6.07, 6.45) is 9.52. The van der Waals surface area contributed by atoms with Gasteiger partial charge in [-0.15, -0.1) is 0 Å². The summed E-state index contributed by atoms with van der Waals surface area (Å²) < 4.78 is 7.83. The molecule has 0 saturated heterocycles. The molecule has 3 aromatic rings. The van der Waals surface area contributed by atoms with Crippen molar-refractivity contribution >= 4 is 23.2 Å². The Morgan fingerprint density at radius 1 is 0.963 bits per heavy atom. The highest BCUT2D eigenvalue weighted by Crippen LogP contribution is 2.20. The van der Waals surface area contributed by atoms with Gasteiger partial charge >= 0.3 is 0 Å². The number of ether oxygens (including phenoxy) is 1. The molecule has 0 saturated carbocycles. The summed E-state index contributed by atoms with van der Waals surface area (Å²) in [6.45, 7) is 3.04. The van der Waals surface area contributed by atoms with E-state index in [-0.39, 0.29) is 0 Å². The van der Waals surface area contributed by atoms with Crippen LogP contribution in [0.3, 0.4) is 0 Å². The molecule has 0 fully saturated rings. The average Bonchev–Trinajstić information content (AvgIpc) is 3.03. The van der Waals surface area contributed by atoms with Crippen LogP contribution in [0.25, 0.3) is 11.0 Å². The van der Waals surface area contributed by atoms with E-state index in [2.05, 4.69) is 23.0 Å². The summed E-state index contributed by atoms with van der Waals surface area (Å²) in [6, 6.07) is 16.1. The minimum Gasteiger partial charge on any atom is -0.494 e. The summed E-state index contributed by atoms with van der Waals surface area (Å²) in [4.78, 5) is 9.10. The fourth-order valence-electron chi connectivity index (χ4n) is 3.10. The largest absolute Gasteiger partial charge is 0.494 e. The van der Waals surface area contributed by atoms with Crippen LogP contribution in [0.4, 0.5) is 5.95 Å². The van der Waals surface area contributed by atoms with Gasteiger partial charge in [0.15, 0.2) is 0 Å². The second-order valence-corrected chi connectivity index (χ2v) is 6.90. The minimum absolute atomic E-state index is 0.708. The van der Waals surface area contributed by atoms with Crippen LogP contribution in [-0.2, 0) is 7.05 Å². The lowest BCUT2D eigenvalue weighted by Crippen LogP contribution is -1.97. The zero-order valence-corrected chi connectivity index (χ0v) is 16.4. The molecule has 0 aliphatic heterocycles. The predicted molar refractivity (Wildman–Crippen MR) is 113 cm³/mol. The molecule has 3 rings (SSSR count). The molecule has 2 aromatic carbocycles. The molecule has 27 heavy (non-hydrogen) atoms. The van der Waals surface area contributed by atoms with Crippen molar-refractivity contribution in [3.05, 3.63) is 54.1 Å². The first-order valence-electron chi connectivity index (χ1n) is 9.96. The maximum absolute atomic E-state index is 5.83. The first-order valence-corrected chi connectivity index (χ1v) is 9.96. The van der Waals surface area contributed by atoms with Crippen LogP contribution < -0.4 is 4.74 Å². The van der Waals surface area contributed by atoms with Crippen molar-refractivity contribution in [1.29, 1.82) is 0 Å². The maximum Gasteiger partial charge on any atom is 0.230 e. The SMILES string of the molecule is CCCCCCCCOc1ccc(/C=N/c2nc3ccccc3n2C)cc1. The lowest BCUT2D eigenvalue weighted by molar-refractivity contribution is 0.304. The summed E-state index contributed by atoms with van der Waals surface area (Å²) >= 11 is 0. The van der Waals surface area contributed by atoms with Crippen molar-refractivity contribution < 1.29 is 4.74 Å². The van der Waals surface area contributed by atoms with E-state index in [1.807, 2.05) is 60.3 Å². The van der Waals surface area contributed by atoms with Crippen molar-refractivity contribution in [2.45, 2.75) is 45.4 Å². The van der Waals surface area contributed by atoms with E-state index in [4.69, 9.17) is 4.74 Å². The van der Waals surface area contributed by atoms with Gasteiger partial charge in [0.2, 0.25) is 5.95 Å². The molecule has 0 atom stereocenters. The van der Waals surface area contributed by atoms with E-state index in [9.17, 15) is 0 Å². The Hall–Kier alpha value is -2.62. The van der Waals surface area contributed by atoms with Crippen LogP contribution in [0.1, 0.15) is 51.0 Å². The van der Waals surface area contributed by atoms with Gasteiger partial charge in [-0.3, -0.25) is 0 Å². The molecule has 142 valence electrons. The van der Waals surface area contributed by atoms with Gasteiger partial charge in [-0.2, -0.15) is 0 Å². The molecule has 1 aromatic heterocycles. The number of benzene rings is 2. The van der Waals surface area contributed by atoms with Crippen LogP contribution in [0.2, 0.25) is 0 Å². The summed E-state index contributed by atoms with van der Waals surface area (Å²) in [5.41, 5.74) is 3.09. The lowest BCUT2D eigenvalue weighted by atomic mass is 10.1. The maximum atomic E-state index is 5.83. The minimum atomic E-state index is 0.708. The van der Waals surface area contributed by atoms with Gasteiger partial charge in [-0.1, -0.05) is 51.2 Å². The number of para-hydroxylation sites is 2. The zero-order valence-electron chi connectivity index (χ0n) is 16.4. The van der Waals surface area contributed by atoms with Crippen molar-refractivity contribution in [1.82, 2.24) is 9.55 Å². The van der Waals surface area contributed by atoms with Crippen LogP contribution in [0.5, 0.6) is 5.75 Å². The summed E-state index contributed by atoms with van der Waals surface area (Å²) in [5.74, 6) is 1.63. The summed E-state index contributed by atoms with van der Waals surface area (Å²) in [7, 11) is 1.99. The second kappa shape index (κ2) is 9.91. The third-order valence-electron chi connectivity index (χ3n) is 4.74. The van der Waals surface area contributed by atoms with Crippen molar-refractivity contribution in [2.24, 2.45) is 12.0 Å². The van der Waals surface area contributed by atoms with E-state index in [0.29, 0.717) is 5.95 Å². The quantitative estimate of drug-likeness (QED) is 0.324. The molecule has 0 aliphatic carbocycles. The molecule has 4 nitrogen and oxygen atoms in total. The molecule has 4 heteroatoms. The fraction of sp³-hybridized carbons (Fsp3) is 0.391. The molecular weight excluding hydrogens is 334 g/mol. The Labute approximate surface area is 161 Å². The van der Waals surface area contributed by atoms with Gasteiger partial charge in [0.05, 0.1) is 17.6 Å². The summed E-state index contributed by atoms with van der Waals surface area (Å²) in [5, 5.41) is 0. The molecule has 0 bridgehead atoms. The van der Waals surface area contributed by atoms with Crippen molar-refractivity contribution in [2.75, 3.05) is 6.61 Å². The number of hydrogen-bond donors (Lipinski definition) is 0. The molecular formula is C23H29N3O. The standard InChI is InChI=1S/C23H29N3O/c1-3-4-5-6-7-10-17-27-20-15-13-19(14-16-20)18-24-23-25-21-11-8-9-12-22(21)26(23)2/h8-9,11-16,18H,3-7,10,17H2,1-2H3/b24-18+. The molecule has 0 N–H and O–H groups in total. The van der Waals surface area contributed by atoms with Gasteiger partial charge in [0, 0.05) is 13.3 Å². The number of hydrogen-bond acceptors (Lipinski definition) is 3. The third kappa shape index (κ3) is 5.43. The second-order valence-electron chi connectivity index (χ2n) is 6.90. The first kappa shape index (κ1) is 19.2. The van der Waals surface area contributed by atoms with E-state index in [1.54, 1.807) is 0 Å². The number of fused-ring (bicyclic) bond motifs is 1. The third-order valence-corrected chi connectivity index (χ3v) is 4.74. The van der Waals surface area contributed by atoms with Gasteiger partial charge in [-0.25, -0.2) is 9.98 Å². The molecule has 0 aliphatic rings. The number of nitrogens with zero attached hydrogens (tertiary/aromatic N) is 3. The van der Waals surface area contributed by atoms with E-state index < -0.39 is 0 Å². The first-order chi connectivity index (χ1) is 13.3. The van der Waals surface area contributed by atoms with E-state index >= 15 is 0 Å². The highest BCUT2D eigenvalue weighted by atomic mass is 16.5. The van der Waals surface area contributed by atoms with Crippen molar-refractivity contribution in [3.63, 3.8) is 0 Å². The lowest BCUT2D eigenvalue weighted by Gasteiger charge is -2.06. The van der Waals surface area contributed by atoms with E-state index in [1.165, 1.54) is 32.1 Å². The monoisotopic (exact) mass is 363 g/mol. The van der Waals surface area contributed by atoms with Crippen LogP contribution in [-0.4, -0.2) is 22.4 Å². The predicted octanol–water partition coefficient (Wildman–Crippen LogP) is 6.06. The van der Waals surface area contributed by atoms with Gasteiger partial charge in [-0.05, 0) is 48.4 Å². The Balaban J connectivity index is 1.50. The van der Waals surface area contributed by atoms with Gasteiger partial charge in [0.25, 0.3) is 0 Å². The molecule has 0 amide bonds. The fourth-order valence-corrected chi connectivity index (χ4v) is 3.10. The number of rotatable bonds is 10. The number of aromatic nitrogens is 2. The molecule has 0 spiro atoms.